The number of rotatable bonds is 13. The van der Waals surface area contributed by atoms with Crippen LogP contribution in [0.15, 0.2) is 0 Å². The van der Waals surface area contributed by atoms with Gasteiger partial charge in [-0.1, -0.05) is 0 Å². The molecule has 19 heavy (non-hydrogen) atoms. The van der Waals surface area contributed by atoms with Gasteiger partial charge in [0.05, 0.1) is 0 Å². The first-order valence-electron chi connectivity index (χ1n) is 7.37. The smallest absolute Gasteiger partial charge is 0.374 e. The van der Waals surface area contributed by atoms with Crippen molar-refractivity contribution < 1.29 is 13.3 Å². The summed E-state index contributed by atoms with van der Waals surface area (Å²) in [4.78, 5) is 2.17. The van der Waals surface area contributed by atoms with Gasteiger partial charge in [-0.2, -0.15) is 0 Å². The number of likely N-dealkylation sites (N-methyl/N-ethyl adjacent to an activating group) is 1. The summed E-state index contributed by atoms with van der Waals surface area (Å²) >= 11 is 0. The van der Waals surface area contributed by atoms with Crippen molar-refractivity contribution in [3.8, 4) is 0 Å². The van der Waals surface area contributed by atoms with Crippen LogP contribution in [-0.2, 0) is 13.3 Å². The van der Waals surface area contributed by atoms with E-state index in [1.807, 2.05) is 20.8 Å². The second kappa shape index (κ2) is 11.8. The molecule has 0 heterocycles. The third-order valence-corrected chi connectivity index (χ3v) is 5.82. The first-order valence-corrected chi connectivity index (χ1v) is 9.30. The zero-order valence-corrected chi connectivity index (χ0v) is 14.3. The van der Waals surface area contributed by atoms with Crippen LogP contribution in [0.25, 0.3) is 0 Å². The Bertz CT molecular complexity index is 189. The molecule has 0 aromatic rings. The summed E-state index contributed by atoms with van der Waals surface area (Å²) in [5.74, 6) is 0. The van der Waals surface area contributed by atoms with Crippen molar-refractivity contribution in [1.29, 1.82) is 0 Å². The number of nitrogens with one attached hydrogen (secondary N) is 1. The first kappa shape index (κ1) is 19.0. The second-order valence-corrected chi connectivity index (χ2v) is 7.37. The van der Waals surface area contributed by atoms with Crippen molar-refractivity contribution in [3.63, 3.8) is 0 Å². The van der Waals surface area contributed by atoms with Gasteiger partial charge in [0.25, 0.3) is 0 Å². The van der Waals surface area contributed by atoms with Crippen molar-refractivity contribution >= 4 is 8.80 Å². The fourth-order valence-corrected chi connectivity index (χ4v) is 4.47. The van der Waals surface area contributed by atoms with E-state index in [1.165, 1.54) is 0 Å². The Labute approximate surface area is 120 Å². The van der Waals surface area contributed by atoms with Crippen LogP contribution in [0.3, 0.4) is 0 Å². The third kappa shape index (κ3) is 9.54. The maximum absolute atomic E-state index is 5.81. The Morgan fingerprint density at radius 3 is 1.84 bits per heavy atom. The molecule has 0 aliphatic heterocycles. The maximum Gasteiger partial charge on any atom is 0.500 e. The van der Waals surface area contributed by atoms with E-state index in [1.54, 1.807) is 0 Å². The molecule has 0 saturated carbocycles. The topological polar surface area (TPSA) is 43.0 Å². The lowest BCUT2D eigenvalue weighted by Gasteiger charge is -2.28. The molecule has 5 nitrogen and oxygen atoms in total. The molecule has 0 bridgehead atoms. The van der Waals surface area contributed by atoms with Crippen molar-refractivity contribution in [2.75, 3.05) is 53.6 Å². The minimum Gasteiger partial charge on any atom is -0.374 e. The van der Waals surface area contributed by atoms with Crippen LogP contribution < -0.4 is 5.32 Å². The minimum atomic E-state index is -2.43. The molecule has 0 rings (SSSR count). The molecule has 0 atom stereocenters. The van der Waals surface area contributed by atoms with Crippen molar-refractivity contribution in [1.82, 2.24) is 10.2 Å². The molecule has 0 radical (unpaired) electrons. The Morgan fingerprint density at radius 1 is 0.895 bits per heavy atom. The molecule has 1 N–H and O–H groups in total. The van der Waals surface area contributed by atoms with Gasteiger partial charge in [0, 0.05) is 39.0 Å². The van der Waals surface area contributed by atoms with Crippen LogP contribution in [0.5, 0.6) is 0 Å². The molecule has 0 aromatic heterocycles. The Kier molecular flexibility index (Phi) is 11.8. The largest absolute Gasteiger partial charge is 0.500 e. The molecule has 0 fully saturated rings. The summed E-state index contributed by atoms with van der Waals surface area (Å²) in [7, 11) is 1.74. The lowest BCUT2D eigenvalue weighted by Crippen LogP contribution is -2.46. The van der Waals surface area contributed by atoms with E-state index in [0.29, 0.717) is 19.8 Å². The third-order valence-electron chi connectivity index (χ3n) is 2.67. The predicted molar refractivity (Wildman–Crippen MR) is 81.5 cm³/mol. The van der Waals surface area contributed by atoms with E-state index in [2.05, 4.69) is 24.3 Å². The monoisotopic (exact) mass is 292 g/mol. The molecule has 0 spiro atoms. The number of hydrogen-bond donors (Lipinski definition) is 1. The van der Waals surface area contributed by atoms with Crippen LogP contribution >= 0.6 is 0 Å². The van der Waals surface area contributed by atoms with Gasteiger partial charge in [-0.05, 0) is 47.8 Å². The lowest BCUT2D eigenvalue weighted by atomic mass is 10.4. The molecule has 6 heteroatoms. The summed E-state index contributed by atoms with van der Waals surface area (Å²) in [6.45, 7) is 11.0. The van der Waals surface area contributed by atoms with E-state index >= 15 is 0 Å². The Morgan fingerprint density at radius 2 is 1.42 bits per heavy atom. The molecule has 0 amide bonds. The van der Waals surface area contributed by atoms with Gasteiger partial charge in [-0.15, -0.1) is 0 Å². The molecular weight excluding hydrogens is 260 g/mol. The molecule has 0 aliphatic carbocycles. The normalized spacial score (nSPS) is 12.3. The van der Waals surface area contributed by atoms with Gasteiger partial charge in [0.15, 0.2) is 0 Å². The van der Waals surface area contributed by atoms with E-state index in [4.69, 9.17) is 13.3 Å². The van der Waals surface area contributed by atoms with Gasteiger partial charge in [0.1, 0.15) is 0 Å². The molecule has 0 unspecified atom stereocenters. The molecule has 116 valence electrons. The quantitative estimate of drug-likeness (QED) is 0.412. The maximum atomic E-state index is 5.81. The van der Waals surface area contributed by atoms with Crippen LogP contribution in [0, 0.1) is 0 Å². The van der Waals surface area contributed by atoms with Crippen LogP contribution in [0.1, 0.15) is 27.2 Å². The number of nitrogens with zero attached hydrogens (tertiary/aromatic N) is 1. The summed E-state index contributed by atoms with van der Waals surface area (Å²) < 4.78 is 17.4. The van der Waals surface area contributed by atoms with Crippen molar-refractivity contribution in [3.05, 3.63) is 0 Å². The van der Waals surface area contributed by atoms with Crippen molar-refractivity contribution in [2.24, 2.45) is 0 Å². The fraction of sp³-hybridized carbons (Fsp3) is 1.00. The first-order chi connectivity index (χ1) is 9.10. The Balaban J connectivity index is 3.96. The van der Waals surface area contributed by atoms with E-state index < -0.39 is 8.80 Å². The van der Waals surface area contributed by atoms with Crippen molar-refractivity contribution in [2.45, 2.75) is 33.2 Å². The van der Waals surface area contributed by atoms with E-state index in [0.717, 1.165) is 32.1 Å². The predicted octanol–water partition coefficient (Wildman–Crippen LogP) is 1.58. The van der Waals surface area contributed by atoms with Crippen LogP contribution in [0.4, 0.5) is 0 Å². The molecular formula is C13H32N2O3Si. The summed E-state index contributed by atoms with van der Waals surface area (Å²) in [6, 6.07) is 0.886. The molecule has 0 saturated heterocycles. The van der Waals surface area contributed by atoms with Gasteiger partial charge >= 0.3 is 8.80 Å². The standard InChI is InChI=1S/C13H32N2O3Si/c1-6-16-19(17-7-2,18-8-3)13-9-10-14-11-12-15(4)5/h14H,6-13H2,1-5H3. The van der Waals surface area contributed by atoms with Gasteiger partial charge in [-0.25, -0.2) is 0 Å². The Hall–Kier alpha value is 0.0169. The highest BCUT2D eigenvalue weighted by Crippen LogP contribution is 2.17. The molecule has 0 aliphatic rings. The summed E-state index contributed by atoms with van der Waals surface area (Å²) in [5.41, 5.74) is 0. The SMILES string of the molecule is CCO[Si](CCCNCCN(C)C)(OCC)OCC. The lowest BCUT2D eigenvalue weighted by molar-refractivity contribution is 0.0708. The molecule has 0 aromatic carbocycles. The summed E-state index contributed by atoms with van der Waals surface area (Å²) in [6.07, 6.45) is 1.03. The zero-order chi connectivity index (χ0) is 14.6. The highest BCUT2D eigenvalue weighted by Gasteiger charge is 2.39. The van der Waals surface area contributed by atoms with Gasteiger partial charge in [0.2, 0.25) is 0 Å². The van der Waals surface area contributed by atoms with E-state index in [-0.39, 0.29) is 0 Å². The second-order valence-electron chi connectivity index (χ2n) is 4.64. The highest BCUT2D eigenvalue weighted by molar-refractivity contribution is 6.60. The van der Waals surface area contributed by atoms with Gasteiger partial charge < -0.3 is 23.5 Å². The average Bonchev–Trinajstić information content (AvgIpc) is 2.34. The highest BCUT2D eigenvalue weighted by atomic mass is 28.4. The number of hydrogen-bond acceptors (Lipinski definition) is 5. The van der Waals surface area contributed by atoms with E-state index in [9.17, 15) is 0 Å². The average molecular weight is 292 g/mol. The summed E-state index contributed by atoms with van der Waals surface area (Å²) in [5, 5.41) is 3.43. The fourth-order valence-electron chi connectivity index (χ4n) is 1.86. The van der Waals surface area contributed by atoms with Crippen LogP contribution in [-0.4, -0.2) is 67.3 Å². The minimum absolute atomic E-state index is 0.653. The van der Waals surface area contributed by atoms with Crippen LogP contribution in [0.2, 0.25) is 6.04 Å². The zero-order valence-electron chi connectivity index (χ0n) is 13.3. The van der Waals surface area contributed by atoms with Gasteiger partial charge in [-0.3, -0.25) is 0 Å².